The van der Waals surface area contributed by atoms with Crippen molar-refractivity contribution in [2.75, 3.05) is 11.5 Å². The molecule has 0 aromatic heterocycles. The van der Waals surface area contributed by atoms with Gasteiger partial charge in [0, 0.05) is 0 Å². The van der Waals surface area contributed by atoms with Gasteiger partial charge in [-0.25, -0.2) is 0 Å². The van der Waals surface area contributed by atoms with E-state index in [2.05, 4.69) is 0 Å². The summed E-state index contributed by atoms with van der Waals surface area (Å²) in [6, 6.07) is -0.679. The fourth-order valence-electron chi connectivity index (χ4n) is 5.32. The third kappa shape index (κ3) is 3.16. The van der Waals surface area contributed by atoms with Crippen molar-refractivity contribution in [3.8, 4) is 0 Å². The van der Waals surface area contributed by atoms with Gasteiger partial charge in [-0.2, -0.15) is 11.8 Å². The second kappa shape index (κ2) is 5.88. The van der Waals surface area contributed by atoms with Gasteiger partial charge in [0.05, 0.1) is 0 Å². The number of thioether (sulfide) groups is 1. The minimum atomic E-state index is -0.869. The van der Waals surface area contributed by atoms with Crippen molar-refractivity contribution in [2.24, 2.45) is 28.9 Å². The maximum absolute atomic E-state index is 10.7. The maximum Gasteiger partial charge on any atom is 0.320 e. The van der Waals surface area contributed by atoms with Gasteiger partial charge >= 0.3 is 5.97 Å². The van der Waals surface area contributed by atoms with Gasteiger partial charge in [-0.3, -0.25) is 4.79 Å². The van der Waals surface area contributed by atoms with Crippen molar-refractivity contribution >= 4 is 17.7 Å². The Labute approximate surface area is 126 Å². The zero-order valence-corrected chi connectivity index (χ0v) is 13.0. The minimum Gasteiger partial charge on any atom is -0.480 e. The first kappa shape index (κ1) is 14.7. The topological polar surface area (TPSA) is 63.3 Å². The van der Waals surface area contributed by atoms with Crippen LogP contribution in [0.15, 0.2) is 0 Å². The molecule has 4 saturated carbocycles. The maximum atomic E-state index is 10.7. The highest BCUT2D eigenvalue weighted by molar-refractivity contribution is 7.99. The zero-order valence-electron chi connectivity index (χ0n) is 12.2. The highest BCUT2D eigenvalue weighted by Crippen LogP contribution is 2.61. The van der Waals surface area contributed by atoms with Gasteiger partial charge in [-0.1, -0.05) is 0 Å². The van der Waals surface area contributed by atoms with E-state index in [1.807, 2.05) is 11.8 Å². The first-order valence-corrected chi connectivity index (χ1v) is 9.28. The van der Waals surface area contributed by atoms with E-state index in [4.69, 9.17) is 10.8 Å². The summed E-state index contributed by atoms with van der Waals surface area (Å²) in [5, 5.41) is 8.76. The highest BCUT2D eigenvalue weighted by atomic mass is 32.2. The number of nitrogens with two attached hydrogens (primary N) is 1. The number of carboxylic acid groups (broad SMARTS) is 1. The van der Waals surface area contributed by atoms with Crippen LogP contribution in [0.2, 0.25) is 0 Å². The average molecular weight is 297 g/mol. The van der Waals surface area contributed by atoms with Crippen LogP contribution in [0.25, 0.3) is 0 Å². The molecular formula is C16H27NO2S. The summed E-state index contributed by atoms with van der Waals surface area (Å²) < 4.78 is 0. The molecule has 4 bridgehead atoms. The Bertz CT molecular complexity index is 336. The Morgan fingerprint density at radius 2 is 1.70 bits per heavy atom. The van der Waals surface area contributed by atoms with Gasteiger partial charge in [-0.15, -0.1) is 0 Å². The monoisotopic (exact) mass is 297 g/mol. The van der Waals surface area contributed by atoms with Crippen molar-refractivity contribution in [2.45, 2.75) is 57.4 Å². The van der Waals surface area contributed by atoms with Crippen LogP contribution in [0.4, 0.5) is 0 Å². The molecule has 0 saturated heterocycles. The largest absolute Gasteiger partial charge is 0.480 e. The Hall–Kier alpha value is -0.220. The van der Waals surface area contributed by atoms with Crippen LogP contribution in [0.5, 0.6) is 0 Å². The minimum absolute atomic E-state index is 0.598. The van der Waals surface area contributed by atoms with E-state index in [9.17, 15) is 4.79 Å². The number of hydrogen-bond acceptors (Lipinski definition) is 3. The van der Waals surface area contributed by atoms with Gasteiger partial charge in [-0.05, 0) is 86.0 Å². The van der Waals surface area contributed by atoms with Gasteiger partial charge in [0.1, 0.15) is 6.04 Å². The lowest BCUT2D eigenvalue weighted by molar-refractivity contribution is -0.138. The van der Waals surface area contributed by atoms with E-state index in [1.54, 1.807) is 0 Å². The molecule has 0 spiro atoms. The molecule has 0 aromatic rings. The van der Waals surface area contributed by atoms with Crippen LogP contribution in [-0.4, -0.2) is 28.6 Å². The zero-order chi connectivity index (χ0) is 14.2. The van der Waals surface area contributed by atoms with Crippen molar-refractivity contribution in [3.63, 3.8) is 0 Å². The molecule has 4 heteroatoms. The van der Waals surface area contributed by atoms with E-state index in [1.165, 1.54) is 50.7 Å². The predicted molar refractivity (Wildman–Crippen MR) is 82.8 cm³/mol. The van der Waals surface area contributed by atoms with Gasteiger partial charge in [0.2, 0.25) is 0 Å². The lowest BCUT2D eigenvalue weighted by Crippen LogP contribution is -2.46. The van der Waals surface area contributed by atoms with Crippen LogP contribution in [-0.2, 0) is 4.79 Å². The Balaban J connectivity index is 1.39. The predicted octanol–water partition coefficient (Wildman–Crippen LogP) is 3.13. The molecule has 4 fully saturated rings. The van der Waals surface area contributed by atoms with E-state index in [0.717, 1.165) is 23.5 Å². The first-order valence-electron chi connectivity index (χ1n) is 8.12. The lowest BCUT2D eigenvalue weighted by atomic mass is 9.49. The molecule has 0 amide bonds. The number of hydrogen-bond donors (Lipinski definition) is 2. The second-order valence-electron chi connectivity index (χ2n) is 7.51. The van der Waals surface area contributed by atoms with Crippen LogP contribution < -0.4 is 5.73 Å². The number of aliphatic carboxylic acids is 1. The van der Waals surface area contributed by atoms with E-state index in [0.29, 0.717) is 11.8 Å². The third-order valence-electron chi connectivity index (χ3n) is 5.83. The van der Waals surface area contributed by atoms with Crippen molar-refractivity contribution in [3.05, 3.63) is 0 Å². The molecule has 4 rings (SSSR count). The molecule has 4 aliphatic rings. The Morgan fingerprint density at radius 3 is 2.20 bits per heavy atom. The van der Waals surface area contributed by atoms with Gasteiger partial charge in [0.15, 0.2) is 0 Å². The smallest absolute Gasteiger partial charge is 0.320 e. The molecule has 4 aliphatic carbocycles. The molecule has 114 valence electrons. The summed E-state index contributed by atoms with van der Waals surface area (Å²) in [4.78, 5) is 10.7. The van der Waals surface area contributed by atoms with Crippen LogP contribution in [0.3, 0.4) is 0 Å². The van der Waals surface area contributed by atoms with Crippen molar-refractivity contribution in [1.29, 1.82) is 0 Å². The second-order valence-corrected chi connectivity index (χ2v) is 8.74. The standard InChI is InChI=1S/C16H27NO2S/c17-14(15(18)19)1-3-20-4-2-16-8-11-5-12(9-16)7-13(6-11)10-16/h11-14H,1-10,17H2,(H,18,19). The molecule has 1 unspecified atom stereocenters. The highest BCUT2D eigenvalue weighted by Gasteiger charge is 2.50. The molecule has 3 nitrogen and oxygen atoms in total. The van der Waals surface area contributed by atoms with Gasteiger partial charge in [0.25, 0.3) is 0 Å². The summed E-state index contributed by atoms with van der Waals surface area (Å²) >= 11 is 1.90. The van der Waals surface area contributed by atoms with Crippen LogP contribution >= 0.6 is 11.8 Å². The van der Waals surface area contributed by atoms with Crippen LogP contribution in [0.1, 0.15) is 51.4 Å². The first-order chi connectivity index (χ1) is 9.56. The molecule has 0 heterocycles. The average Bonchev–Trinajstić information content (AvgIpc) is 2.36. The summed E-state index contributed by atoms with van der Waals surface area (Å²) in [7, 11) is 0. The van der Waals surface area contributed by atoms with Crippen LogP contribution in [0, 0.1) is 23.2 Å². The molecule has 3 N–H and O–H groups in total. The molecule has 0 radical (unpaired) electrons. The number of carboxylic acids is 1. The quantitative estimate of drug-likeness (QED) is 0.709. The fraction of sp³-hybridized carbons (Fsp3) is 0.938. The summed E-state index contributed by atoms with van der Waals surface area (Å²) in [5.41, 5.74) is 6.20. The summed E-state index contributed by atoms with van der Waals surface area (Å²) in [5.74, 6) is 4.31. The molecule has 1 atom stereocenters. The lowest BCUT2D eigenvalue weighted by Gasteiger charge is -2.57. The molecule has 0 aliphatic heterocycles. The van der Waals surface area contributed by atoms with Crippen molar-refractivity contribution in [1.82, 2.24) is 0 Å². The Kier molecular flexibility index (Phi) is 4.32. The fourth-order valence-corrected chi connectivity index (χ4v) is 6.52. The Morgan fingerprint density at radius 1 is 1.15 bits per heavy atom. The number of carbonyl (C=O) groups is 1. The number of rotatable bonds is 7. The molecular weight excluding hydrogens is 270 g/mol. The SMILES string of the molecule is NC(CCSCCC12CC3CC(CC(C3)C1)C2)C(=O)O. The molecule has 20 heavy (non-hydrogen) atoms. The summed E-state index contributed by atoms with van der Waals surface area (Å²) in [6.45, 7) is 0. The normalized spacial score (nSPS) is 40.0. The summed E-state index contributed by atoms with van der Waals surface area (Å²) in [6.07, 6.45) is 10.9. The third-order valence-corrected chi connectivity index (χ3v) is 6.85. The van der Waals surface area contributed by atoms with E-state index >= 15 is 0 Å². The molecule has 0 aromatic carbocycles. The van der Waals surface area contributed by atoms with Gasteiger partial charge < -0.3 is 10.8 Å². The van der Waals surface area contributed by atoms with E-state index in [-0.39, 0.29) is 0 Å². The van der Waals surface area contributed by atoms with Crippen molar-refractivity contribution < 1.29 is 9.90 Å². The van der Waals surface area contributed by atoms with E-state index < -0.39 is 12.0 Å².